The highest BCUT2D eigenvalue weighted by molar-refractivity contribution is 5.99. The SMILES string of the molecule is CC[C@H](C)[C@H](NC(=O)[C@H](Cc1ccc(O)cc1)NC(=O)CN)C(=O)N[C@@H](CCC(N)=O)C(=O)C[C@@H](CC(N)=O)C(=O)N[C@@H](CCC(=O)O)C(=O)N1CCC[C@H]1C(=O)N[C@@H](CC(C)C)C(=O)CCC(N)=O. The second kappa shape index (κ2) is 29.1. The normalized spacial score (nSPS) is 16.3. The summed E-state index contributed by atoms with van der Waals surface area (Å²) in [6.07, 6.45) is -3.10. The van der Waals surface area contributed by atoms with Gasteiger partial charge in [-0.2, -0.15) is 0 Å². The molecule has 0 bridgehead atoms. The Labute approximate surface area is 405 Å². The van der Waals surface area contributed by atoms with Crippen molar-refractivity contribution in [2.75, 3.05) is 13.1 Å². The summed E-state index contributed by atoms with van der Waals surface area (Å²) < 4.78 is 0. The van der Waals surface area contributed by atoms with Crippen LogP contribution in [0, 0.1) is 17.8 Å². The fraction of sp³-hybridized carbons (Fsp3) is 0.609. The number of aliphatic carboxylic acids is 1. The molecule has 1 aliphatic rings. The second-order valence-electron chi connectivity index (χ2n) is 18.0. The first-order valence-corrected chi connectivity index (χ1v) is 23.3. The Bertz CT molecular complexity index is 2070. The van der Waals surface area contributed by atoms with Crippen LogP contribution in [0.3, 0.4) is 0 Å². The number of carboxylic acid groups (broad SMARTS) is 1. The number of phenolic OH excluding ortho intramolecular Hbond substituents is 1. The van der Waals surface area contributed by atoms with E-state index in [9.17, 15) is 67.7 Å². The van der Waals surface area contributed by atoms with Gasteiger partial charge in [-0.1, -0.05) is 46.2 Å². The van der Waals surface area contributed by atoms with Gasteiger partial charge in [-0.3, -0.25) is 57.5 Å². The summed E-state index contributed by atoms with van der Waals surface area (Å²) in [4.78, 5) is 158. The highest BCUT2D eigenvalue weighted by Gasteiger charge is 2.41. The fourth-order valence-corrected chi connectivity index (χ4v) is 7.78. The average Bonchev–Trinajstić information content (AvgIpc) is 3.79. The van der Waals surface area contributed by atoms with Crippen molar-refractivity contribution >= 4 is 70.7 Å². The first-order valence-electron chi connectivity index (χ1n) is 23.3. The number of Topliss-reactive ketones (excluding diaryl/α,β-unsaturated/α-hetero) is 2. The van der Waals surface area contributed by atoms with E-state index in [0.29, 0.717) is 18.4 Å². The third kappa shape index (κ3) is 20.3. The van der Waals surface area contributed by atoms with Gasteiger partial charge in [-0.25, -0.2) is 0 Å². The zero-order valence-corrected chi connectivity index (χ0v) is 40.2. The lowest BCUT2D eigenvalue weighted by Crippen LogP contribution is -2.58. The Morgan fingerprint density at radius 2 is 1.30 bits per heavy atom. The van der Waals surface area contributed by atoms with Crippen molar-refractivity contribution in [3.8, 4) is 5.75 Å². The molecule has 1 aliphatic heterocycles. The zero-order chi connectivity index (χ0) is 52.8. The number of hydrogen-bond donors (Lipinski definition) is 11. The smallest absolute Gasteiger partial charge is 0.303 e. The average molecular weight is 987 g/mol. The molecule has 0 aliphatic carbocycles. The molecule has 0 saturated carbocycles. The number of phenols is 1. The van der Waals surface area contributed by atoms with Gasteiger partial charge in [0.2, 0.25) is 53.2 Å². The van der Waals surface area contributed by atoms with Crippen LogP contribution >= 0.6 is 0 Å². The number of aromatic hydroxyl groups is 1. The Morgan fingerprint density at radius 3 is 1.86 bits per heavy atom. The molecular weight excluding hydrogens is 917 g/mol. The molecule has 15 N–H and O–H groups in total. The van der Waals surface area contributed by atoms with Gasteiger partial charge in [0.15, 0.2) is 11.6 Å². The lowest BCUT2D eigenvalue weighted by Gasteiger charge is -2.31. The van der Waals surface area contributed by atoms with Crippen molar-refractivity contribution in [2.24, 2.45) is 40.7 Å². The van der Waals surface area contributed by atoms with Crippen LogP contribution in [0.4, 0.5) is 0 Å². The second-order valence-corrected chi connectivity index (χ2v) is 18.0. The molecule has 1 aromatic rings. The molecule has 70 heavy (non-hydrogen) atoms. The van der Waals surface area contributed by atoms with E-state index in [-0.39, 0.29) is 50.3 Å². The van der Waals surface area contributed by atoms with E-state index in [2.05, 4.69) is 26.6 Å². The molecule has 0 spiro atoms. The molecule has 1 saturated heterocycles. The maximum absolute atomic E-state index is 14.2. The van der Waals surface area contributed by atoms with Gasteiger partial charge in [0.25, 0.3) is 0 Å². The van der Waals surface area contributed by atoms with Gasteiger partial charge >= 0.3 is 5.97 Å². The lowest BCUT2D eigenvalue weighted by atomic mass is 9.91. The molecule has 1 aromatic carbocycles. The maximum Gasteiger partial charge on any atom is 0.303 e. The van der Waals surface area contributed by atoms with Crippen LogP contribution in [0.25, 0.3) is 0 Å². The topological polar surface area (TPSA) is 413 Å². The number of carbonyl (C=O) groups excluding carboxylic acids is 11. The van der Waals surface area contributed by atoms with Crippen molar-refractivity contribution in [3.05, 3.63) is 29.8 Å². The summed E-state index contributed by atoms with van der Waals surface area (Å²) in [6.45, 7) is 6.53. The lowest BCUT2D eigenvalue weighted by molar-refractivity contribution is -0.144. The molecule has 0 aromatic heterocycles. The molecule has 9 amide bonds. The summed E-state index contributed by atoms with van der Waals surface area (Å²) >= 11 is 0. The third-order valence-corrected chi connectivity index (χ3v) is 11.8. The fourth-order valence-electron chi connectivity index (χ4n) is 7.78. The molecule has 2 rings (SSSR count). The zero-order valence-electron chi connectivity index (χ0n) is 40.2. The number of nitrogens with two attached hydrogens (primary N) is 4. The minimum atomic E-state index is -1.61. The van der Waals surface area contributed by atoms with Gasteiger partial charge in [0.05, 0.1) is 24.5 Å². The Morgan fingerprint density at radius 1 is 0.686 bits per heavy atom. The summed E-state index contributed by atoms with van der Waals surface area (Å²) in [6, 6.07) is -2.11. The number of carbonyl (C=O) groups is 12. The first-order chi connectivity index (χ1) is 32.9. The predicted octanol–water partition coefficient (Wildman–Crippen LogP) is -2.18. The van der Waals surface area contributed by atoms with E-state index < -0.39 is 164 Å². The number of amides is 9. The van der Waals surface area contributed by atoms with E-state index >= 15 is 0 Å². The Kier molecular flexibility index (Phi) is 24.6. The first kappa shape index (κ1) is 59.1. The van der Waals surface area contributed by atoms with Crippen LogP contribution in [0.1, 0.15) is 110 Å². The molecular formula is C46H70N10O14. The molecule has 388 valence electrons. The number of rotatable bonds is 32. The van der Waals surface area contributed by atoms with Crippen LogP contribution in [0.15, 0.2) is 24.3 Å². The van der Waals surface area contributed by atoms with E-state index in [0.717, 1.165) is 4.90 Å². The molecule has 24 heteroatoms. The number of hydrogen-bond acceptors (Lipinski definition) is 14. The van der Waals surface area contributed by atoms with Crippen LogP contribution in [-0.2, 0) is 64.0 Å². The number of likely N-dealkylation sites (tertiary alicyclic amines) is 1. The minimum Gasteiger partial charge on any atom is -0.508 e. The van der Waals surface area contributed by atoms with Crippen LogP contribution in [0.5, 0.6) is 5.75 Å². The van der Waals surface area contributed by atoms with Crippen molar-refractivity contribution in [2.45, 2.75) is 147 Å². The summed E-state index contributed by atoms with van der Waals surface area (Å²) in [5.74, 6) is -12.7. The number of ketones is 2. The van der Waals surface area contributed by atoms with Crippen LogP contribution < -0.4 is 49.5 Å². The summed E-state index contributed by atoms with van der Waals surface area (Å²) in [5, 5.41) is 32.0. The predicted molar refractivity (Wildman–Crippen MR) is 250 cm³/mol. The summed E-state index contributed by atoms with van der Waals surface area (Å²) in [7, 11) is 0. The van der Waals surface area contributed by atoms with E-state index in [1.165, 1.54) is 24.3 Å². The number of primary amides is 3. The largest absolute Gasteiger partial charge is 0.508 e. The molecule has 1 heterocycles. The summed E-state index contributed by atoms with van der Waals surface area (Å²) in [5.41, 5.74) is 22.1. The van der Waals surface area contributed by atoms with Gasteiger partial charge in [0.1, 0.15) is 29.9 Å². The highest BCUT2D eigenvalue weighted by Crippen LogP contribution is 2.23. The van der Waals surface area contributed by atoms with Gasteiger partial charge in [0, 0.05) is 51.5 Å². The maximum atomic E-state index is 14.2. The minimum absolute atomic E-state index is 0.00474. The monoisotopic (exact) mass is 987 g/mol. The van der Waals surface area contributed by atoms with E-state index in [1.807, 2.05) is 13.8 Å². The standard InChI is InChI=1S/C46H70N10O14/c1-5-25(4)41(55-43(67)32(51-39(63)23-47)20-26-8-10-28(57)11-9-26)45(69)52-29(12-15-36(48)60)35(59)21-27(22-38(50)62)42(66)53-30(13-17-40(64)65)46(70)56-18-6-7-33(56)44(68)54-31(19-24(2)3)34(58)14-16-37(49)61/h8-11,24-25,27,29-33,41,57H,5-7,12-23,47H2,1-4H3,(H2,48,60)(H2,49,61)(H2,50,62)(H,51,63)(H,52,69)(H,53,66)(H,54,68)(H,55,67)(H,64,65)/t25-,27-,29-,30-,31-,32-,33-,41-/m0/s1. The quantitative estimate of drug-likeness (QED) is 0.0366. The van der Waals surface area contributed by atoms with Crippen molar-refractivity contribution in [1.82, 2.24) is 31.5 Å². The molecule has 8 atom stereocenters. The Balaban J connectivity index is 2.41. The highest BCUT2D eigenvalue weighted by atomic mass is 16.4. The van der Waals surface area contributed by atoms with Crippen molar-refractivity contribution in [3.63, 3.8) is 0 Å². The van der Waals surface area contributed by atoms with E-state index in [1.54, 1.807) is 13.8 Å². The van der Waals surface area contributed by atoms with Crippen LogP contribution in [0.2, 0.25) is 0 Å². The van der Waals surface area contributed by atoms with Gasteiger partial charge in [-0.05, 0) is 61.6 Å². The van der Waals surface area contributed by atoms with Crippen molar-refractivity contribution < 1.29 is 67.7 Å². The van der Waals surface area contributed by atoms with Gasteiger partial charge < -0.3 is 64.6 Å². The third-order valence-electron chi connectivity index (χ3n) is 11.8. The molecule has 1 fully saturated rings. The molecule has 24 nitrogen and oxygen atoms in total. The van der Waals surface area contributed by atoms with E-state index in [4.69, 9.17) is 22.9 Å². The number of nitrogens with zero attached hydrogens (tertiary/aromatic N) is 1. The Hall–Kier alpha value is -6.98. The number of nitrogens with one attached hydrogen (secondary N) is 5. The molecule has 0 radical (unpaired) electrons. The number of benzene rings is 1. The molecule has 0 unspecified atom stereocenters. The van der Waals surface area contributed by atoms with Crippen molar-refractivity contribution in [1.29, 1.82) is 0 Å². The number of carboxylic acids is 1. The van der Waals surface area contributed by atoms with Gasteiger partial charge in [-0.15, -0.1) is 0 Å². The van der Waals surface area contributed by atoms with Crippen LogP contribution in [-0.4, -0.2) is 135 Å².